The number of carbonyl (C=O) groups excluding carboxylic acids is 1. The summed E-state index contributed by atoms with van der Waals surface area (Å²) >= 11 is 1.66. The lowest BCUT2D eigenvalue weighted by atomic mass is 9.98. The lowest BCUT2D eigenvalue weighted by molar-refractivity contribution is -0.144. The number of rotatable bonds is 5. The minimum absolute atomic E-state index is 0.107. The van der Waals surface area contributed by atoms with Crippen LogP contribution < -0.4 is 5.32 Å². The van der Waals surface area contributed by atoms with Crippen LogP contribution in [0.4, 0.5) is 5.69 Å². The van der Waals surface area contributed by atoms with E-state index in [-0.39, 0.29) is 18.4 Å². The van der Waals surface area contributed by atoms with Gasteiger partial charge in [0.15, 0.2) is 0 Å². The van der Waals surface area contributed by atoms with Gasteiger partial charge in [-0.3, -0.25) is 14.5 Å². The Labute approximate surface area is 144 Å². The van der Waals surface area contributed by atoms with Crippen molar-refractivity contribution in [3.63, 3.8) is 0 Å². The second-order valence-corrected chi connectivity index (χ2v) is 6.97. The van der Waals surface area contributed by atoms with Gasteiger partial charge in [0.2, 0.25) is 5.91 Å². The molecule has 5 nitrogen and oxygen atoms in total. The number of carbonyl (C=O) groups is 2. The first-order valence-corrected chi connectivity index (χ1v) is 8.89. The zero-order chi connectivity index (χ0) is 16.9. The second-order valence-electron chi connectivity index (χ2n) is 6.02. The van der Waals surface area contributed by atoms with E-state index in [1.165, 1.54) is 0 Å². The van der Waals surface area contributed by atoms with Gasteiger partial charge in [0.05, 0.1) is 12.5 Å². The highest BCUT2D eigenvalue weighted by Crippen LogP contribution is 2.26. The van der Waals surface area contributed by atoms with Gasteiger partial charge < -0.3 is 10.4 Å². The molecule has 0 spiro atoms. The molecule has 1 saturated heterocycles. The van der Waals surface area contributed by atoms with Gasteiger partial charge >= 0.3 is 5.97 Å². The number of hydrogen-bond donors (Lipinski definition) is 2. The molecule has 0 aliphatic carbocycles. The summed E-state index contributed by atoms with van der Waals surface area (Å²) in [5.74, 6) is -1.25. The smallest absolute Gasteiger partial charge is 0.307 e. The van der Waals surface area contributed by atoms with E-state index in [0.29, 0.717) is 13.0 Å². The molecule has 24 heavy (non-hydrogen) atoms. The van der Waals surface area contributed by atoms with Crippen LogP contribution in [0.3, 0.4) is 0 Å². The molecule has 1 amide bonds. The monoisotopic (exact) mass is 344 g/mol. The number of aliphatic carboxylic acids is 1. The molecule has 1 unspecified atom stereocenters. The molecular weight excluding hydrogens is 324 g/mol. The number of likely N-dealkylation sites (tertiary alicyclic amines) is 1. The molecule has 3 rings (SSSR count). The van der Waals surface area contributed by atoms with E-state index in [9.17, 15) is 9.59 Å². The number of carboxylic acid groups (broad SMARTS) is 1. The van der Waals surface area contributed by atoms with Crippen molar-refractivity contribution < 1.29 is 14.7 Å². The Morgan fingerprint density at radius 1 is 1.29 bits per heavy atom. The molecular formula is C18H20N2O3S. The quantitative estimate of drug-likeness (QED) is 0.874. The van der Waals surface area contributed by atoms with Gasteiger partial charge in [-0.2, -0.15) is 0 Å². The van der Waals surface area contributed by atoms with E-state index in [4.69, 9.17) is 5.11 Å². The lowest BCUT2D eigenvalue weighted by Gasteiger charge is -2.29. The third-order valence-electron chi connectivity index (χ3n) is 4.17. The normalized spacial score (nSPS) is 18.2. The molecule has 1 fully saturated rings. The molecule has 126 valence electrons. The maximum absolute atomic E-state index is 12.3. The van der Waals surface area contributed by atoms with Crippen LogP contribution in [0.15, 0.2) is 41.8 Å². The Morgan fingerprint density at radius 2 is 2.17 bits per heavy atom. The summed E-state index contributed by atoms with van der Waals surface area (Å²) in [5, 5.41) is 14.1. The van der Waals surface area contributed by atoms with Gasteiger partial charge in [-0.1, -0.05) is 18.2 Å². The van der Waals surface area contributed by atoms with Crippen LogP contribution in [0.5, 0.6) is 0 Å². The third-order valence-corrected chi connectivity index (χ3v) is 5.09. The van der Waals surface area contributed by atoms with Crippen LogP contribution in [0.2, 0.25) is 0 Å². The van der Waals surface area contributed by atoms with E-state index >= 15 is 0 Å². The van der Waals surface area contributed by atoms with Crippen molar-refractivity contribution in [1.29, 1.82) is 0 Å². The van der Waals surface area contributed by atoms with Gasteiger partial charge in [0, 0.05) is 17.1 Å². The van der Waals surface area contributed by atoms with Crippen molar-refractivity contribution in [1.82, 2.24) is 4.90 Å². The van der Waals surface area contributed by atoms with E-state index in [2.05, 4.69) is 5.32 Å². The summed E-state index contributed by atoms with van der Waals surface area (Å²) in [5.41, 5.74) is 1.84. The van der Waals surface area contributed by atoms with Crippen LogP contribution in [-0.2, 0) is 9.59 Å². The van der Waals surface area contributed by atoms with E-state index in [1.807, 2.05) is 46.7 Å². The fourth-order valence-corrected chi connectivity index (χ4v) is 3.72. The van der Waals surface area contributed by atoms with Crippen LogP contribution in [0.25, 0.3) is 10.4 Å². The van der Waals surface area contributed by atoms with Crippen LogP contribution >= 0.6 is 11.3 Å². The highest BCUT2D eigenvalue weighted by molar-refractivity contribution is 7.13. The Morgan fingerprint density at radius 3 is 2.92 bits per heavy atom. The minimum atomic E-state index is -0.774. The number of benzene rings is 1. The average molecular weight is 344 g/mol. The number of thiophene rings is 1. The number of carboxylic acids is 1. The second kappa shape index (κ2) is 7.59. The van der Waals surface area contributed by atoms with E-state index in [0.717, 1.165) is 29.1 Å². The van der Waals surface area contributed by atoms with Gasteiger partial charge in [-0.15, -0.1) is 11.3 Å². The number of amides is 1. The van der Waals surface area contributed by atoms with E-state index in [1.54, 1.807) is 11.3 Å². The maximum atomic E-state index is 12.3. The molecule has 2 aromatic rings. The Kier molecular flexibility index (Phi) is 5.27. The fourth-order valence-electron chi connectivity index (χ4n) is 3.00. The van der Waals surface area contributed by atoms with Gasteiger partial charge in [-0.25, -0.2) is 0 Å². The summed E-state index contributed by atoms with van der Waals surface area (Å²) < 4.78 is 0. The standard InChI is InChI=1S/C18H20N2O3S/c21-17(12-20-8-2-5-14(11-20)18(22)23)19-15-6-1-4-13(10-15)16-7-3-9-24-16/h1,3-4,6-7,9-10,14H,2,5,8,11-12H2,(H,19,21)(H,22,23). The van der Waals surface area contributed by atoms with Gasteiger partial charge in [0.25, 0.3) is 0 Å². The molecule has 1 atom stereocenters. The summed E-state index contributed by atoms with van der Waals surface area (Å²) in [6.45, 7) is 1.44. The lowest BCUT2D eigenvalue weighted by Crippen LogP contribution is -2.42. The predicted octanol–water partition coefficient (Wildman–Crippen LogP) is 3.15. The topological polar surface area (TPSA) is 69.6 Å². The SMILES string of the molecule is O=C(CN1CCCC(C(=O)O)C1)Nc1cccc(-c2cccs2)c1. The van der Waals surface area contributed by atoms with Crippen molar-refractivity contribution in [2.45, 2.75) is 12.8 Å². The zero-order valence-electron chi connectivity index (χ0n) is 13.3. The highest BCUT2D eigenvalue weighted by Gasteiger charge is 2.26. The minimum Gasteiger partial charge on any atom is -0.481 e. The zero-order valence-corrected chi connectivity index (χ0v) is 14.1. The summed E-state index contributed by atoms with van der Waals surface area (Å²) in [6.07, 6.45) is 1.51. The maximum Gasteiger partial charge on any atom is 0.307 e. The Bertz CT molecular complexity index is 715. The van der Waals surface area contributed by atoms with Crippen LogP contribution in [0.1, 0.15) is 12.8 Å². The van der Waals surface area contributed by atoms with Crippen LogP contribution in [0, 0.1) is 5.92 Å². The fraction of sp³-hybridized carbons (Fsp3) is 0.333. The molecule has 0 saturated carbocycles. The molecule has 1 aliphatic rings. The predicted molar refractivity (Wildman–Crippen MR) is 95.2 cm³/mol. The summed E-state index contributed by atoms with van der Waals surface area (Å²) in [7, 11) is 0. The van der Waals surface area contributed by atoms with Crippen molar-refractivity contribution in [2.75, 3.05) is 25.0 Å². The Balaban J connectivity index is 1.59. The number of anilines is 1. The molecule has 1 aliphatic heterocycles. The first kappa shape index (κ1) is 16.7. The molecule has 2 heterocycles. The van der Waals surface area contributed by atoms with Crippen molar-refractivity contribution in [3.05, 3.63) is 41.8 Å². The van der Waals surface area contributed by atoms with Crippen molar-refractivity contribution >= 4 is 28.9 Å². The number of nitrogens with zero attached hydrogens (tertiary/aromatic N) is 1. The first-order valence-electron chi connectivity index (χ1n) is 8.01. The highest BCUT2D eigenvalue weighted by atomic mass is 32.1. The number of hydrogen-bond acceptors (Lipinski definition) is 4. The molecule has 2 N–H and O–H groups in total. The number of nitrogens with one attached hydrogen (secondary N) is 1. The van der Waals surface area contributed by atoms with E-state index < -0.39 is 5.97 Å². The summed E-state index contributed by atoms with van der Waals surface area (Å²) in [4.78, 5) is 26.4. The largest absolute Gasteiger partial charge is 0.481 e. The molecule has 6 heteroatoms. The molecule has 0 radical (unpaired) electrons. The number of piperidine rings is 1. The third kappa shape index (κ3) is 4.21. The molecule has 1 aromatic carbocycles. The average Bonchev–Trinajstić information content (AvgIpc) is 3.09. The Hall–Kier alpha value is -2.18. The summed E-state index contributed by atoms with van der Waals surface area (Å²) in [6, 6.07) is 11.8. The van der Waals surface area contributed by atoms with Crippen LogP contribution in [-0.4, -0.2) is 41.5 Å². The molecule has 1 aromatic heterocycles. The molecule has 0 bridgehead atoms. The van der Waals surface area contributed by atoms with Gasteiger partial charge in [-0.05, 0) is 48.5 Å². The van der Waals surface area contributed by atoms with Crippen molar-refractivity contribution in [2.24, 2.45) is 5.92 Å². The van der Waals surface area contributed by atoms with Crippen molar-refractivity contribution in [3.8, 4) is 10.4 Å². The van der Waals surface area contributed by atoms with Gasteiger partial charge in [0.1, 0.15) is 0 Å². The first-order chi connectivity index (χ1) is 11.6.